The molecule has 1 aromatic carbocycles. The van der Waals surface area contributed by atoms with Crippen molar-refractivity contribution in [2.45, 2.75) is 96.9 Å². The number of nitrogens with one attached hydrogen (secondary N) is 1. The Hall–Kier alpha value is -0.980. The van der Waals surface area contributed by atoms with Crippen molar-refractivity contribution < 1.29 is 0 Å². The summed E-state index contributed by atoms with van der Waals surface area (Å²) in [5.74, 6) is 0. The third-order valence-corrected chi connectivity index (χ3v) is 5.98. The van der Waals surface area contributed by atoms with Gasteiger partial charge in [0.15, 0.2) is 0 Å². The van der Waals surface area contributed by atoms with Crippen molar-refractivity contribution in [2.75, 3.05) is 5.32 Å². The second-order valence-electron chi connectivity index (χ2n) is 10.4. The van der Waals surface area contributed by atoms with Crippen LogP contribution in [0.2, 0.25) is 0 Å². The molecule has 0 atom stereocenters. The molecule has 0 spiro atoms. The van der Waals surface area contributed by atoms with Crippen LogP contribution in [0.3, 0.4) is 0 Å². The first-order valence-corrected chi connectivity index (χ1v) is 8.78. The number of rotatable bonds is 0. The summed E-state index contributed by atoms with van der Waals surface area (Å²) in [6, 6.07) is 2.55. The van der Waals surface area contributed by atoms with Crippen molar-refractivity contribution in [3.8, 4) is 0 Å². The molecule has 1 aliphatic heterocycles. The molecule has 0 unspecified atom stereocenters. The largest absolute Gasteiger partial charge is 0.375 e. The Morgan fingerprint density at radius 1 is 0.864 bits per heavy atom. The van der Waals surface area contributed by atoms with Gasteiger partial charge < -0.3 is 5.32 Å². The second-order valence-corrected chi connectivity index (χ2v) is 10.4. The van der Waals surface area contributed by atoms with Crippen molar-refractivity contribution in [1.82, 2.24) is 0 Å². The van der Waals surface area contributed by atoms with Gasteiger partial charge in [-0.15, -0.1) is 0 Å². The molecule has 0 amide bonds. The third kappa shape index (κ3) is 2.04. The molecule has 0 radical (unpaired) electrons. The average molecular weight is 300 g/mol. The highest BCUT2D eigenvalue weighted by atomic mass is 15.1. The van der Waals surface area contributed by atoms with Gasteiger partial charge in [-0.1, -0.05) is 54.5 Å². The van der Waals surface area contributed by atoms with E-state index in [0.29, 0.717) is 0 Å². The highest BCUT2D eigenvalue weighted by Gasteiger charge is 2.47. The molecular formula is C21H33N. The van der Waals surface area contributed by atoms with Gasteiger partial charge in [-0.3, -0.25) is 0 Å². The first-order valence-electron chi connectivity index (χ1n) is 8.78. The maximum Gasteiger partial charge on any atom is 0.0592 e. The molecule has 1 heteroatoms. The van der Waals surface area contributed by atoms with Gasteiger partial charge in [0.05, 0.1) is 5.54 Å². The van der Waals surface area contributed by atoms with E-state index in [9.17, 15) is 0 Å². The molecule has 0 saturated carbocycles. The Labute approximate surface area is 136 Å². The first kappa shape index (κ1) is 15.9. The van der Waals surface area contributed by atoms with E-state index in [2.05, 4.69) is 73.7 Å². The van der Waals surface area contributed by atoms with E-state index in [1.807, 2.05) is 0 Å². The predicted molar refractivity (Wildman–Crippen MR) is 97.1 cm³/mol. The second kappa shape index (κ2) is 4.10. The summed E-state index contributed by atoms with van der Waals surface area (Å²) in [5, 5.41) is 3.80. The van der Waals surface area contributed by atoms with Crippen molar-refractivity contribution >= 4 is 5.69 Å². The molecule has 1 aromatic rings. The highest BCUT2D eigenvalue weighted by Crippen LogP contribution is 2.57. The Bertz CT molecular complexity index is 639. The van der Waals surface area contributed by atoms with Crippen LogP contribution in [0.25, 0.3) is 0 Å². The smallest absolute Gasteiger partial charge is 0.0592 e. The maximum absolute atomic E-state index is 3.80. The van der Waals surface area contributed by atoms with Gasteiger partial charge in [-0.2, -0.15) is 0 Å². The Kier molecular flexibility index (Phi) is 2.96. The van der Waals surface area contributed by atoms with Crippen molar-refractivity contribution in [1.29, 1.82) is 0 Å². The summed E-state index contributed by atoms with van der Waals surface area (Å²) in [6.07, 6.45) is 2.55. The van der Waals surface area contributed by atoms with Crippen LogP contribution in [0.1, 0.15) is 97.4 Å². The maximum atomic E-state index is 3.80. The zero-order valence-electron chi connectivity index (χ0n) is 16.0. The zero-order valence-corrected chi connectivity index (χ0v) is 16.0. The number of hydrogen-bond donors (Lipinski definition) is 1. The molecule has 1 heterocycles. The van der Waals surface area contributed by atoms with E-state index in [-0.39, 0.29) is 21.8 Å². The van der Waals surface area contributed by atoms with Crippen LogP contribution in [-0.4, -0.2) is 0 Å². The molecule has 1 nitrogen and oxygen atoms in total. The zero-order chi connectivity index (χ0) is 16.7. The molecule has 3 rings (SSSR count). The number of benzene rings is 1. The first-order chi connectivity index (χ1) is 9.77. The minimum Gasteiger partial charge on any atom is -0.375 e. The van der Waals surface area contributed by atoms with Gasteiger partial charge in [0.25, 0.3) is 0 Å². The Morgan fingerprint density at radius 3 is 1.91 bits per heavy atom. The number of anilines is 1. The lowest BCUT2D eigenvalue weighted by atomic mass is 9.58. The van der Waals surface area contributed by atoms with Crippen LogP contribution >= 0.6 is 0 Å². The molecule has 122 valence electrons. The van der Waals surface area contributed by atoms with Crippen LogP contribution in [0.4, 0.5) is 5.69 Å². The summed E-state index contributed by atoms with van der Waals surface area (Å²) in [7, 11) is 0. The molecular weight excluding hydrogens is 266 g/mol. The summed E-state index contributed by atoms with van der Waals surface area (Å²) >= 11 is 0. The van der Waals surface area contributed by atoms with E-state index < -0.39 is 0 Å². The van der Waals surface area contributed by atoms with Crippen molar-refractivity contribution in [2.24, 2.45) is 0 Å². The monoisotopic (exact) mass is 299 g/mol. The fourth-order valence-electron chi connectivity index (χ4n) is 4.48. The molecule has 22 heavy (non-hydrogen) atoms. The van der Waals surface area contributed by atoms with E-state index >= 15 is 0 Å². The molecule has 0 fully saturated rings. The Balaban J connectivity index is 2.39. The van der Waals surface area contributed by atoms with Crippen LogP contribution in [0.15, 0.2) is 6.07 Å². The van der Waals surface area contributed by atoms with Gasteiger partial charge in [0, 0.05) is 11.3 Å². The molecule has 1 N–H and O–H groups in total. The van der Waals surface area contributed by atoms with E-state index in [0.717, 1.165) is 0 Å². The molecule has 2 aliphatic rings. The molecule has 0 saturated heterocycles. The topological polar surface area (TPSA) is 12.0 Å². The SMILES string of the molecule is CC(C)(C)c1cc2c(c3c1C(C)(C)N3)C(C)(C)CCC2(C)C. The Morgan fingerprint density at radius 2 is 1.41 bits per heavy atom. The van der Waals surface area contributed by atoms with Gasteiger partial charge >= 0.3 is 0 Å². The quantitative estimate of drug-likeness (QED) is 0.620. The van der Waals surface area contributed by atoms with Gasteiger partial charge in [0.2, 0.25) is 0 Å². The summed E-state index contributed by atoms with van der Waals surface area (Å²) in [4.78, 5) is 0. The fraction of sp³-hybridized carbons (Fsp3) is 0.714. The lowest BCUT2D eigenvalue weighted by Gasteiger charge is -2.52. The van der Waals surface area contributed by atoms with E-state index in [1.165, 1.54) is 24.1 Å². The minimum atomic E-state index is 0.102. The lowest BCUT2D eigenvalue weighted by molar-refractivity contribution is 0.327. The van der Waals surface area contributed by atoms with Crippen molar-refractivity contribution in [3.63, 3.8) is 0 Å². The van der Waals surface area contributed by atoms with Crippen LogP contribution in [0, 0.1) is 0 Å². The fourth-order valence-corrected chi connectivity index (χ4v) is 4.48. The standard InChI is InChI=1S/C21H33N/c1-18(2,3)13-12-14-15(17-16(13)21(8,9)22-17)20(6,7)11-10-19(14,4)5/h12,22H,10-11H2,1-9H3. The molecule has 0 bridgehead atoms. The van der Waals surface area contributed by atoms with Crippen LogP contribution in [-0.2, 0) is 21.8 Å². The van der Waals surface area contributed by atoms with Gasteiger partial charge in [0.1, 0.15) is 0 Å². The number of hydrogen-bond acceptors (Lipinski definition) is 1. The summed E-state index contributed by atoms with van der Waals surface area (Å²) < 4.78 is 0. The normalized spacial score (nSPS) is 23.9. The number of fused-ring (bicyclic) bond motifs is 3. The predicted octanol–water partition coefficient (Wildman–Crippen LogP) is 5.99. The van der Waals surface area contributed by atoms with Crippen molar-refractivity contribution in [3.05, 3.63) is 28.3 Å². The van der Waals surface area contributed by atoms with Crippen LogP contribution < -0.4 is 5.32 Å². The minimum absolute atomic E-state index is 0.102. The molecule has 0 aromatic heterocycles. The lowest BCUT2D eigenvalue weighted by Crippen LogP contribution is -2.46. The third-order valence-electron chi connectivity index (χ3n) is 5.98. The van der Waals surface area contributed by atoms with E-state index in [4.69, 9.17) is 0 Å². The van der Waals surface area contributed by atoms with Gasteiger partial charge in [-0.25, -0.2) is 0 Å². The van der Waals surface area contributed by atoms with Crippen LogP contribution in [0.5, 0.6) is 0 Å². The average Bonchev–Trinajstić information content (AvgIpc) is 2.31. The highest BCUT2D eigenvalue weighted by molar-refractivity contribution is 5.78. The molecule has 1 aliphatic carbocycles. The van der Waals surface area contributed by atoms with E-state index in [1.54, 1.807) is 16.7 Å². The van der Waals surface area contributed by atoms with Gasteiger partial charge in [-0.05, 0) is 59.6 Å². The summed E-state index contributed by atoms with van der Waals surface area (Å²) in [5.41, 5.74) is 8.56. The summed E-state index contributed by atoms with van der Waals surface area (Å²) in [6.45, 7) is 21.4.